The van der Waals surface area contributed by atoms with Gasteiger partial charge in [-0.3, -0.25) is 0 Å². The van der Waals surface area contributed by atoms with Crippen molar-refractivity contribution >= 4 is 11.8 Å². The molecule has 0 N–H and O–H groups in total. The van der Waals surface area contributed by atoms with Gasteiger partial charge in [0, 0.05) is 5.25 Å². The van der Waals surface area contributed by atoms with Crippen molar-refractivity contribution in [2.24, 2.45) is 11.8 Å². The van der Waals surface area contributed by atoms with E-state index in [1.807, 2.05) is 11.8 Å². The van der Waals surface area contributed by atoms with E-state index in [2.05, 4.69) is 26.7 Å². The second-order valence-corrected chi connectivity index (χ2v) is 4.94. The molecule has 0 bridgehead atoms. The monoisotopic (exact) mass is 170 g/mol. The van der Waals surface area contributed by atoms with Gasteiger partial charge in [0.1, 0.15) is 0 Å². The molecule has 0 aromatic heterocycles. The number of thioether (sulfide) groups is 1. The molecule has 0 aromatic carbocycles. The summed E-state index contributed by atoms with van der Waals surface area (Å²) in [5.41, 5.74) is 1.49. The van der Waals surface area contributed by atoms with Crippen molar-refractivity contribution in [1.29, 1.82) is 0 Å². The molecule has 0 nitrogen and oxygen atoms in total. The van der Waals surface area contributed by atoms with Gasteiger partial charge in [0.2, 0.25) is 0 Å². The van der Waals surface area contributed by atoms with Crippen molar-refractivity contribution in [3.63, 3.8) is 0 Å². The predicted molar refractivity (Wildman–Crippen MR) is 54.0 cm³/mol. The van der Waals surface area contributed by atoms with Crippen LogP contribution in [-0.2, 0) is 0 Å². The van der Waals surface area contributed by atoms with E-state index < -0.39 is 0 Å². The van der Waals surface area contributed by atoms with Crippen LogP contribution in [-0.4, -0.2) is 11.5 Å². The molecule has 2 atom stereocenters. The Kier molecular flexibility index (Phi) is 3.06. The van der Waals surface area contributed by atoms with Gasteiger partial charge in [-0.1, -0.05) is 26.0 Å². The van der Waals surface area contributed by atoms with Gasteiger partial charge < -0.3 is 0 Å². The van der Waals surface area contributed by atoms with Gasteiger partial charge >= 0.3 is 0 Å². The number of hydrogen-bond donors (Lipinski definition) is 0. The normalized spacial score (nSPS) is 31.8. The zero-order chi connectivity index (χ0) is 8.43. The number of allylic oxidation sites excluding steroid dienone is 1. The highest BCUT2D eigenvalue weighted by Crippen LogP contribution is 2.39. The standard InChI is InChI=1S/C10H18S/c1-7(2)10-6-9(11-4)5-8(10)3/h7,9-10H,3,5-6H2,1-2,4H3. The summed E-state index contributed by atoms with van der Waals surface area (Å²) in [4.78, 5) is 0. The topological polar surface area (TPSA) is 0 Å². The molecule has 11 heavy (non-hydrogen) atoms. The number of hydrogen-bond acceptors (Lipinski definition) is 1. The molecule has 0 aromatic rings. The minimum Gasteiger partial charge on any atom is -0.162 e. The van der Waals surface area contributed by atoms with Crippen molar-refractivity contribution in [2.75, 3.05) is 6.26 Å². The van der Waals surface area contributed by atoms with Gasteiger partial charge in [0.05, 0.1) is 0 Å². The minimum atomic E-state index is 0.791. The Morgan fingerprint density at radius 2 is 2.18 bits per heavy atom. The molecule has 0 amide bonds. The average Bonchev–Trinajstić information content (AvgIpc) is 2.30. The first-order valence-electron chi connectivity index (χ1n) is 4.35. The first-order valence-corrected chi connectivity index (χ1v) is 5.64. The zero-order valence-corrected chi connectivity index (χ0v) is 8.58. The lowest BCUT2D eigenvalue weighted by atomic mass is 9.92. The molecule has 0 aliphatic heterocycles. The van der Waals surface area contributed by atoms with Gasteiger partial charge in [0.25, 0.3) is 0 Å². The Balaban J connectivity index is 2.52. The first-order chi connectivity index (χ1) is 5.15. The fourth-order valence-electron chi connectivity index (χ4n) is 1.90. The van der Waals surface area contributed by atoms with Gasteiger partial charge in [-0.15, -0.1) is 0 Å². The second kappa shape index (κ2) is 3.66. The minimum absolute atomic E-state index is 0.791. The van der Waals surface area contributed by atoms with Crippen molar-refractivity contribution in [1.82, 2.24) is 0 Å². The van der Waals surface area contributed by atoms with E-state index in [4.69, 9.17) is 0 Å². The maximum absolute atomic E-state index is 4.14. The largest absolute Gasteiger partial charge is 0.162 e. The van der Waals surface area contributed by atoms with Gasteiger partial charge in [-0.05, 0) is 30.9 Å². The van der Waals surface area contributed by atoms with Crippen LogP contribution in [0.1, 0.15) is 26.7 Å². The van der Waals surface area contributed by atoms with Crippen LogP contribution in [0.5, 0.6) is 0 Å². The Labute approximate surface area is 74.5 Å². The highest BCUT2D eigenvalue weighted by atomic mass is 32.2. The van der Waals surface area contributed by atoms with Crippen LogP contribution in [0.3, 0.4) is 0 Å². The van der Waals surface area contributed by atoms with Crippen molar-refractivity contribution in [3.8, 4) is 0 Å². The van der Waals surface area contributed by atoms with E-state index >= 15 is 0 Å². The molecule has 2 unspecified atom stereocenters. The van der Waals surface area contributed by atoms with E-state index in [0.717, 1.165) is 17.1 Å². The lowest BCUT2D eigenvalue weighted by molar-refractivity contribution is 0.455. The molecular weight excluding hydrogens is 152 g/mol. The summed E-state index contributed by atoms with van der Waals surface area (Å²) in [7, 11) is 0. The van der Waals surface area contributed by atoms with Crippen LogP contribution >= 0.6 is 11.8 Å². The van der Waals surface area contributed by atoms with Crippen LogP contribution in [0, 0.1) is 11.8 Å². The van der Waals surface area contributed by atoms with Crippen molar-refractivity contribution < 1.29 is 0 Å². The summed E-state index contributed by atoms with van der Waals surface area (Å²) >= 11 is 2.00. The molecule has 1 fully saturated rings. The summed E-state index contributed by atoms with van der Waals surface area (Å²) in [6.45, 7) is 8.75. The summed E-state index contributed by atoms with van der Waals surface area (Å²) in [6, 6.07) is 0. The number of rotatable bonds is 2. The smallest absolute Gasteiger partial charge is 0.00872 e. The Morgan fingerprint density at radius 1 is 1.55 bits per heavy atom. The molecular formula is C10H18S. The average molecular weight is 170 g/mol. The van der Waals surface area contributed by atoms with E-state index in [9.17, 15) is 0 Å². The molecule has 1 saturated carbocycles. The third-order valence-electron chi connectivity index (χ3n) is 2.67. The molecule has 0 saturated heterocycles. The molecule has 64 valence electrons. The molecule has 1 rings (SSSR count). The summed E-state index contributed by atoms with van der Waals surface area (Å²) in [6.07, 6.45) is 4.82. The van der Waals surface area contributed by atoms with Gasteiger partial charge in [-0.25, -0.2) is 0 Å². The lowest BCUT2D eigenvalue weighted by Gasteiger charge is -2.14. The zero-order valence-electron chi connectivity index (χ0n) is 7.76. The van der Waals surface area contributed by atoms with Crippen LogP contribution in [0.25, 0.3) is 0 Å². The Hall–Kier alpha value is 0.0900. The highest BCUT2D eigenvalue weighted by Gasteiger charge is 2.28. The molecule has 1 heteroatoms. The fourth-order valence-corrected chi connectivity index (χ4v) is 2.68. The highest BCUT2D eigenvalue weighted by molar-refractivity contribution is 7.99. The maximum atomic E-state index is 4.14. The third kappa shape index (κ3) is 2.02. The van der Waals surface area contributed by atoms with Crippen LogP contribution in [0.15, 0.2) is 12.2 Å². The Bertz CT molecular complexity index is 149. The van der Waals surface area contributed by atoms with Crippen LogP contribution < -0.4 is 0 Å². The van der Waals surface area contributed by atoms with Crippen LogP contribution in [0.2, 0.25) is 0 Å². The Morgan fingerprint density at radius 3 is 2.45 bits per heavy atom. The van der Waals surface area contributed by atoms with E-state index in [0.29, 0.717) is 0 Å². The van der Waals surface area contributed by atoms with Gasteiger partial charge in [-0.2, -0.15) is 11.8 Å². The van der Waals surface area contributed by atoms with Gasteiger partial charge in [0.15, 0.2) is 0 Å². The molecule has 0 radical (unpaired) electrons. The quantitative estimate of drug-likeness (QED) is 0.573. The molecule has 1 aliphatic carbocycles. The van der Waals surface area contributed by atoms with E-state index in [1.54, 1.807) is 0 Å². The van der Waals surface area contributed by atoms with E-state index in [-0.39, 0.29) is 0 Å². The molecule has 0 heterocycles. The summed E-state index contributed by atoms with van der Waals surface area (Å²) in [5, 5.41) is 0.856. The van der Waals surface area contributed by atoms with E-state index in [1.165, 1.54) is 18.4 Å². The first kappa shape index (κ1) is 9.18. The van der Waals surface area contributed by atoms with Crippen molar-refractivity contribution in [2.45, 2.75) is 31.9 Å². The second-order valence-electron chi connectivity index (χ2n) is 3.81. The molecule has 1 aliphatic rings. The van der Waals surface area contributed by atoms with Crippen LogP contribution in [0.4, 0.5) is 0 Å². The predicted octanol–water partition coefficient (Wildman–Crippen LogP) is 3.34. The SMILES string of the molecule is C=C1CC(SC)CC1C(C)C. The molecule has 0 spiro atoms. The summed E-state index contributed by atoms with van der Waals surface area (Å²) in [5.74, 6) is 1.59. The van der Waals surface area contributed by atoms with Crippen molar-refractivity contribution in [3.05, 3.63) is 12.2 Å². The summed E-state index contributed by atoms with van der Waals surface area (Å²) < 4.78 is 0. The maximum Gasteiger partial charge on any atom is 0.00872 e. The third-order valence-corrected chi connectivity index (χ3v) is 3.69. The lowest BCUT2D eigenvalue weighted by Crippen LogP contribution is -2.05. The fraction of sp³-hybridized carbons (Fsp3) is 0.800.